The number of hydrogen-bond donors (Lipinski definition) is 0. The molecule has 0 bridgehead atoms. The fourth-order valence-electron chi connectivity index (χ4n) is 4.59. The first-order valence-corrected chi connectivity index (χ1v) is 14.0. The number of benzene rings is 2. The van der Waals surface area contributed by atoms with Crippen LogP contribution in [0.2, 0.25) is 0 Å². The number of fused-ring (bicyclic) bond motifs is 1. The van der Waals surface area contributed by atoms with Crippen LogP contribution in [0.1, 0.15) is 48.4 Å². The Morgan fingerprint density at radius 3 is 2.40 bits per heavy atom. The summed E-state index contributed by atoms with van der Waals surface area (Å²) >= 11 is 0. The first-order chi connectivity index (χ1) is 16.4. The summed E-state index contributed by atoms with van der Waals surface area (Å²) in [6, 6.07) is 8.02. The van der Waals surface area contributed by atoms with Gasteiger partial charge in [-0.15, -0.1) is 0 Å². The third-order valence-corrected chi connectivity index (χ3v) is 9.55. The maximum atomic E-state index is 13.1. The topological polar surface area (TPSA) is 112 Å². The fraction of sp³-hybridized carbons (Fsp3) is 0.320. The predicted octanol–water partition coefficient (Wildman–Crippen LogP) is 4.26. The summed E-state index contributed by atoms with van der Waals surface area (Å²) in [6.45, 7) is 9.34. The lowest BCUT2D eigenvalue weighted by atomic mass is 9.87. The Bertz CT molecular complexity index is 1590. The van der Waals surface area contributed by atoms with E-state index in [1.165, 1.54) is 23.0 Å². The van der Waals surface area contributed by atoms with Gasteiger partial charge >= 0.3 is 10.1 Å². The second-order valence-corrected chi connectivity index (χ2v) is 12.2. The van der Waals surface area contributed by atoms with Gasteiger partial charge in [0.1, 0.15) is 15.7 Å². The van der Waals surface area contributed by atoms with Crippen LogP contribution in [-0.2, 0) is 31.3 Å². The lowest BCUT2D eigenvalue weighted by molar-refractivity contribution is 0.445. The van der Waals surface area contributed by atoms with Crippen LogP contribution < -0.4 is 4.18 Å². The SMILES string of the molecule is CCn1ncc(-c2cc(C)c3c(c2C)C(C)CC(=C=O)S3(=O)=O)c1OS(=O)(=O)c1ccc(C)cc1. The zero-order valence-electron chi connectivity index (χ0n) is 20.1. The van der Waals surface area contributed by atoms with E-state index >= 15 is 0 Å². The number of allylic oxidation sites excluding steroid dienone is 1. The molecule has 0 N–H and O–H groups in total. The van der Waals surface area contributed by atoms with Gasteiger partial charge < -0.3 is 4.18 Å². The zero-order valence-corrected chi connectivity index (χ0v) is 21.7. The molecule has 4 rings (SSSR count). The van der Waals surface area contributed by atoms with Gasteiger partial charge in [0.2, 0.25) is 15.7 Å². The molecule has 3 aromatic rings. The van der Waals surface area contributed by atoms with E-state index in [-0.39, 0.29) is 32.9 Å². The van der Waals surface area contributed by atoms with Crippen LogP contribution >= 0.6 is 0 Å². The number of hydrogen-bond acceptors (Lipinski definition) is 7. The van der Waals surface area contributed by atoms with E-state index in [0.29, 0.717) is 34.4 Å². The molecule has 184 valence electrons. The summed E-state index contributed by atoms with van der Waals surface area (Å²) in [5, 5.41) is 4.31. The average Bonchev–Trinajstić information content (AvgIpc) is 3.19. The molecule has 1 unspecified atom stereocenters. The van der Waals surface area contributed by atoms with Crippen LogP contribution in [0, 0.1) is 20.8 Å². The van der Waals surface area contributed by atoms with E-state index in [4.69, 9.17) is 4.18 Å². The first kappa shape index (κ1) is 24.9. The minimum atomic E-state index is -4.15. The molecule has 0 saturated carbocycles. The molecule has 8 nitrogen and oxygen atoms in total. The highest BCUT2D eigenvalue weighted by molar-refractivity contribution is 7.95. The highest BCUT2D eigenvalue weighted by atomic mass is 32.2. The number of carbonyl (C=O) groups excluding carboxylic acids is 1. The average molecular weight is 515 g/mol. The fourth-order valence-corrected chi connectivity index (χ4v) is 7.49. The van der Waals surface area contributed by atoms with Crippen LogP contribution in [-0.4, -0.2) is 32.6 Å². The number of aromatic nitrogens is 2. The number of rotatable bonds is 5. The van der Waals surface area contributed by atoms with Gasteiger partial charge in [-0.2, -0.15) is 13.5 Å². The summed E-state index contributed by atoms with van der Waals surface area (Å²) in [4.78, 5) is 11.2. The van der Waals surface area contributed by atoms with Gasteiger partial charge in [-0.1, -0.05) is 24.6 Å². The Morgan fingerprint density at radius 2 is 1.80 bits per heavy atom. The quantitative estimate of drug-likeness (QED) is 0.369. The van der Waals surface area contributed by atoms with Crippen LogP contribution in [0.25, 0.3) is 11.1 Å². The Labute approximate surface area is 205 Å². The molecule has 1 aromatic heterocycles. The number of sulfone groups is 1. The van der Waals surface area contributed by atoms with Crippen molar-refractivity contribution in [1.82, 2.24) is 9.78 Å². The van der Waals surface area contributed by atoms with Gasteiger partial charge in [-0.05, 0) is 74.1 Å². The second-order valence-electron chi connectivity index (χ2n) is 8.77. The predicted molar refractivity (Wildman–Crippen MR) is 131 cm³/mol. The molecule has 10 heteroatoms. The van der Waals surface area contributed by atoms with E-state index < -0.39 is 20.0 Å². The van der Waals surface area contributed by atoms with Crippen LogP contribution in [0.4, 0.5) is 0 Å². The molecular weight excluding hydrogens is 488 g/mol. The van der Waals surface area contributed by atoms with E-state index in [0.717, 1.165) is 5.56 Å². The van der Waals surface area contributed by atoms with E-state index in [1.54, 1.807) is 38.0 Å². The lowest BCUT2D eigenvalue weighted by Crippen LogP contribution is -2.21. The Balaban J connectivity index is 1.91. The second kappa shape index (κ2) is 8.78. The maximum absolute atomic E-state index is 13.1. The Kier molecular flexibility index (Phi) is 6.25. The largest absolute Gasteiger partial charge is 0.358 e. The summed E-state index contributed by atoms with van der Waals surface area (Å²) in [6.07, 6.45) is 1.58. The molecule has 1 atom stereocenters. The molecule has 1 aliphatic heterocycles. The smallest absolute Gasteiger partial charge is 0.340 e. The van der Waals surface area contributed by atoms with Gasteiger partial charge in [-0.3, -0.25) is 0 Å². The van der Waals surface area contributed by atoms with Gasteiger partial charge in [-0.25, -0.2) is 17.9 Å². The molecule has 1 aliphatic rings. The third-order valence-electron chi connectivity index (χ3n) is 6.34. The summed E-state index contributed by atoms with van der Waals surface area (Å²) in [5.74, 6) is 1.41. The normalized spacial score (nSPS) is 17.1. The van der Waals surface area contributed by atoms with Crippen molar-refractivity contribution in [2.24, 2.45) is 0 Å². The molecule has 0 fully saturated rings. The van der Waals surface area contributed by atoms with Gasteiger partial charge in [0, 0.05) is 13.0 Å². The van der Waals surface area contributed by atoms with E-state index in [9.17, 15) is 21.6 Å². The molecule has 0 amide bonds. The van der Waals surface area contributed by atoms with Crippen LogP contribution in [0.5, 0.6) is 5.88 Å². The van der Waals surface area contributed by atoms with E-state index in [2.05, 4.69) is 5.10 Å². The molecule has 0 aliphatic carbocycles. The third kappa shape index (κ3) is 4.11. The summed E-state index contributed by atoms with van der Waals surface area (Å²) < 4.78 is 59.3. The molecule has 0 saturated heterocycles. The highest BCUT2D eigenvalue weighted by Crippen LogP contribution is 2.46. The van der Waals surface area contributed by atoms with Crippen molar-refractivity contribution >= 4 is 25.9 Å². The molecular formula is C25H26N2O6S2. The summed E-state index contributed by atoms with van der Waals surface area (Å²) in [7, 11) is -8.10. The van der Waals surface area contributed by atoms with Gasteiger partial charge in [0.05, 0.1) is 16.7 Å². The minimum absolute atomic E-state index is 0.0177. The van der Waals surface area contributed by atoms with Crippen molar-refractivity contribution in [2.75, 3.05) is 0 Å². The summed E-state index contributed by atoms with van der Waals surface area (Å²) in [5.41, 5.74) is 3.70. The van der Waals surface area contributed by atoms with E-state index in [1.807, 2.05) is 20.8 Å². The van der Waals surface area contributed by atoms with Crippen molar-refractivity contribution in [1.29, 1.82) is 0 Å². The van der Waals surface area contributed by atoms with Crippen molar-refractivity contribution in [2.45, 2.75) is 63.3 Å². The zero-order chi connectivity index (χ0) is 25.7. The van der Waals surface area contributed by atoms with Crippen molar-refractivity contribution < 1.29 is 25.8 Å². The number of aryl methyl sites for hydroxylation is 3. The standard InChI is InChI=1S/C25H26N2O6S2/c1-6-27-25(33-35(31,32)19-9-7-15(2)8-10-19)22(13-26-27)21-12-17(4)24-23(18(21)5)16(3)11-20(14-28)34(24,29)30/h7-10,12-13,16H,6,11H2,1-5H3. The van der Waals surface area contributed by atoms with Crippen molar-refractivity contribution in [3.63, 3.8) is 0 Å². The van der Waals surface area contributed by atoms with Crippen LogP contribution in [0.15, 0.2) is 51.2 Å². The lowest BCUT2D eigenvalue weighted by Gasteiger charge is -2.28. The molecule has 0 spiro atoms. The molecule has 2 heterocycles. The first-order valence-electron chi connectivity index (χ1n) is 11.1. The van der Waals surface area contributed by atoms with Crippen molar-refractivity contribution in [3.8, 4) is 17.0 Å². The van der Waals surface area contributed by atoms with Gasteiger partial charge in [0.25, 0.3) is 0 Å². The highest BCUT2D eigenvalue weighted by Gasteiger charge is 2.37. The molecule has 35 heavy (non-hydrogen) atoms. The monoisotopic (exact) mass is 514 g/mol. The van der Waals surface area contributed by atoms with Crippen LogP contribution in [0.3, 0.4) is 0 Å². The Morgan fingerprint density at radius 1 is 1.14 bits per heavy atom. The maximum Gasteiger partial charge on any atom is 0.340 e. The molecule has 2 aromatic carbocycles. The Hall–Kier alpha value is -3.20. The molecule has 0 radical (unpaired) electrons. The minimum Gasteiger partial charge on any atom is -0.358 e. The number of nitrogens with zero attached hydrogens (tertiary/aromatic N) is 2. The van der Waals surface area contributed by atoms with Crippen molar-refractivity contribution in [3.05, 3.63) is 63.7 Å². The van der Waals surface area contributed by atoms with Gasteiger partial charge in [0.15, 0.2) is 0 Å².